The first-order valence-electron chi connectivity index (χ1n) is 6.39. The molecule has 0 spiro atoms. The van der Waals surface area contributed by atoms with Crippen LogP contribution in [0.3, 0.4) is 0 Å². The number of ether oxygens (including phenoxy) is 1. The second kappa shape index (κ2) is 5.04. The summed E-state index contributed by atoms with van der Waals surface area (Å²) in [6, 6.07) is 0.850. The second-order valence-electron chi connectivity index (χ2n) is 4.84. The minimum atomic E-state index is -0.139. The van der Waals surface area contributed by atoms with Crippen LogP contribution in [0.5, 0.6) is 0 Å². The first-order chi connectivity index (χ1) is 7.72. The van der Waals surface area contributed by atoms with E-state index in [0.717, 1.165) is 13.1 Å². The Morgan fingerprint density at radius 2 is 2.19 bits per heavy atom. The zero-order valence-electron chi connectivity index (χ0n) is 10.3. The zero-order chi connectivity index (χ0) is 11.5. The van der Waals surface area contributed by atoms with E-state index in [0.29, 0.717) is 12.6 Å². The SMILES string of the molecule is CCOC(=O)N1CC2CCCCN2CC1C. The molecule has 0 radical (unpaired) electrons. The molecule has 4 heteroatoms. The van der Waals surface area contributed by atoms with Crippen molar-refractivity contribution in [1.29, 1.82) is 0 Å². The number of nitrogens with zero attached hydrogens (tertiary/aromatic N) is 2. The lowest BCUT2D eigenvalue weighted by molar-refractivity contribution is 0.0106. The van der Waals surface area contributed by atoms with Crippen molar-refractivity contribution < 1.29 is 9.53 Å². The van der Waals surface area contributed by atoms with Crippen LogP contribution in [0.25, 0.3) is 0 Å². The Hall–Kier alpha value is -0.770. The van der Waals surface area contributed by atoms with Gasteiger partial charge in [0.25, 0.3) is 0 Å². The van der Waals surface area contributed by atoms with Crippen LogP contribution < -0.4 is 0 Å². The van der Waals surface area contributed by atoms with Gasteiger partial charge in [0.05, 0.1) is 6.61 Å². The van der Waals surface area contributed by atoms with Gasteiger partial charge in [0.1, 0.15) is 0 Å². The third kappa shape index (κ3) is 2.32. The molecule has 0 aromatic rings. The first kappa shape index (κ1) is 11.7. The van der Waals surface area contributed by atoms with Crippen LogP contribution in [-0.2, 0) is 4.74 Å². The van der Waals surface area contributed by atoms with Crippen LogP contribution in [-0.4, -0.2) is 54.2 Å². The fourth-order valence-corrected chi connectivity index (χ4v) is 2.81. The van der Waals surface area contributed by atoms with Crippen molar-refractivity contribution in [2.75, 3.05) is 26.2 Å². The van der Waals surface area contributed by atoms with Gasteiger partial charge in [0.2, 0.25) is 0 Å². The maximum absolute atomic E-state index is 11.8. The number of amides is 1. The topological polar surface area (TPSA) is 32.8 Å². The summed E-state index contributed by atoms with van der Waals surface area (Å²) in [6.45, 7) is 7.49. The maximum Gasteiger partial charge on any atom is 0.410 e. The van der Waals surface area contributed by atoms with Crippen LogP contribution in [0.4, 0.5) is 4.79 Å². The smallest absolute Gasteiger partial charge is 0.410 e. The van der Waals surface area contributed by atoms with Gasteiger partial charge < -0.3 is 9.64 Å². The molecule has 2 saturated heterocycles. The van der Waals surface area contributed by atoms with Gasteiger partial charge in [-0.3, -0.25) is 4.90 Å². The fraction of sp³-hybridized carbons (Fsp3) is 0.917. The largest absolute Gasteiger partial charge is 0.450 e. The van der Waals surface area contributed by atoms with E-state index in [9.17, 15) is 4.79 Å². The minimum Gasteiger partial charge on any atom is -0.450 e. The summed E-state index contributed by atoms with van der Waals surface area (Å²) in [5, 5.41) is 0. The lowest BCUT2D eigenvalue weighted by Gasteiger charge is -2.46. The van der Waals surface area contributed by atoms with E-state index in [1.54, 1.807) is 0 Å². The molecule has 1 amide bonds. The fourth-order valence-electron chi connectivity index (χ4n) is 2.81. The van der Waals surface area contributed by atoms with Crippen molar-refractivity contribution in [1.82, 2.24) is 9.80 Å². The van der Waals surface area contributed by atoms with E-state index in [-0.39, 0.29) is 12.1 Å². The van der Waals surface area contributed by atoms with E-state index in [2.05, 4.69) is 11.8 Å². The number of hydrogen-bond acceptors (Lipinski definition) is 3. The number of rotatable bonds is 1. The highest BCUT2D eigenvalue weighted by Crippen LogP contribution is 2.24. The highest BCUT2D eigenvalue weighted by Gasteiger charge is 2.35. The molecule has 92 valence electrons. The number of carbonyl (C=O) groups is 1. The van der Waals surface area contributed by atoms with Gasteiger partial charge in [-0.1, -0.05) is 6.42 Å². The van der Waals surface area contributed by atoms with E-state index in [1.165, 1.54) is 25.8 Å². The number of piperazine rings is 1. The van der Waals surface area contributed by atoms with Crippen molar-refractivity contribution in [3.05, 3.63) is 0 Å². The molecule has 2 unspecified atom stereocenters. The molecule has 0 N–H and O–H groups in total. The Bertz CT molecular complexity index is 257. The van der Waals surface area contributed by atoms with Crippen molar-refractivity contribution >= 4 is 6.09 Å². The molecule has 0 aliphatic carbocycles. The van der Waals surface area contributed by atoms with Crippen LogP contribution in [0.2, 0.25) is 0 Å². The summed E-state index contributed by atoms with van der Waals surface area (Å²) in [5.41, 5.74) is 0. The predicted octanol–water partition coefficient (Wildman–Crippen LogP) is 1.70. The summed E-state index contributed by atoms with van der Waals surface area (Å²) >= 11 is 0. The van der Waals surface area contributed by atoms with Crippen molar-refractivity contribution in [2.24, 2.45) is 0 Å². The predicted molar refractivity (Wildman–Crippen MR) is 62.4 cm³/mol. The van der Waals surface area contributed by atoms with E-state index >= 15 is 0 Å². The molecular formula is C12H22N2O2. The normalized spacial score (nSPS) is 31.0. The molecule has 0 aromatic carbocycles. The van der Waals surface area contributed by atoms with E-state index in [1.807, 2.05) is 11.8 Å². The molecule has 2 atom stereocenters. The molecule has 0 aromatic heterocycles. The second-order valence-corrected chi connectivity index (χ2v) is 4.84. The van der Waals surface area contributed by atoms with Crippen molar-refractivity contribution in [3.63, 3.8) is 0 Å². The van der Waals surface area contributed by atoms with Crippen LogP contribution in [0.15, 0.2) is 0 Å². The molecule has 2 heterocycles. The molecule has 16 heavy (non-hydrogen) atoms. The van der Waals surface area contributed by atoms with Crippen LogP contribution >= 0.6 is 0 Å². The van der Waals surface area contributed by atoms with E-state index < -0.39 is 0 Å². The van der Waals surface area contributed by atoms with Gasteiger partial charge in [-0.15, -0.1) is 0 Å². The third-order valence-corrected chi connectivity index (χ3v) is 3.69. The summed E-state index contributed by atoms with van der Waals surface area (Å²) in [4.78, 5) is 16.2. The lowest BCUT2D eigenvalue weighted by atomic mass is 9.97. The van der Waals surface area contributed by atoms with Gasteiger partial charge in [-0.25, -0.2) is 4.79 Å². The van der Waals surface area contributed by atoms with Gasteiger partial charge >= 0.3 is 6.09 Å². The van der Waals surface area contributed by atoms with E-state index in [4.69, 9.17) is 4.74 Å². The summed E-state index contributed by atoms with van der Waals surface area (Å²) in [6.07, 6.45) is 3.69. The molecular weight excluding hydrogens is 204 g/mol. The summed E-state index contributed by atoms with van der Waals surface area (Å²) in [5.74, 6) is 0. The number of carbonyl (C=O) groups excluding carboxylic acids is 1. The zero-order valence-corrected chi connectivity index (χ0v) is 10.3. The molecule has 2 fully saturated rings. The molecule has 2 aliphatic heterocycles. The lowest BCUT2D eigenvalue weighted by Crippen LogP contribution is -2.60. The highest BCUT2D eigenvalue weighted by molar-refractivity contribution is 5.68. The van der Waals surface area contributed by atoms with Crippen molar-refractivity contribution in [3.8, 4) is 0 Å². The Morgan fingerprint density at radius 3 is 2.94 bits per heavy atom. The van der Waals surface area contributed by atoms with Gasteiger partial charge in [-0.2, -0.15) is 0 Å². The molecule has 4 nitrogen and oxygen atoms in total. The minimum absolute atomic E-state index is 0.139. The van der Waals surface area contributed by atoms with Crippen LogP contribution in [0.1, 0.15) is 33.1 Å². The Balaban J connectivity index is 1.97. The number of fused-ring (bicyclic) bond motifs is 1. The maximum atomic E-state index is 11.8. The summed E-state index contributed by atoms with van der Waals surface area (Å²) in [7, 11) is 0. The molecule has 0 saturated carbocycles. The van der Waals surface area contributed by atoms with Gasteiger partial charge in [-0.05, 0) is 33.2 Å². The summed E-state index contributed by atoms with van der Waals surface area (Å²) < 4.78 is 5.10. The number of hydrogen-bond donors (Lipinski definition) is 0. The monoisotopic (exact) mass is 226 g/mol. The van der Waals surface area contributed by atoms with Crippen LogP contribution in [0, 0.1) is 0 Å². The Labute approximate surface area is 97.5 Å². The standard InChI is InChI=1S/C12H22N2O2/c1-3-16-12(15)14-9-11-6-4-5-7-13(11)8-10(14)2/h10-11H,3-9H2,1-2H3. The van der Waals surface area contributed by atoms with Gasteiger partial charge in [0.15, 0.2) is 0 Å². The van der Waals surface area contributed by atoms with Crippen molar-refractivity contribution in [2.45, 2.75) is 45.2 Å². The highest BCUT2D eigenvalue weighted by atomic mass is 16.6. The molecule has 0 bridgehead atoms. The Morgan fingerprint density at radius 1 is 1.38 bits per heavy atom. The molecule has 2 aliphatic rings. The molecule has 2 rings (SSSR count). The third-order valence-electron chi connectivity index (χ3n) is 3.69. The first-order valence-corrected chi connectivity index (χ1v) is 6.39. The Kier molecular flexibility index (Phi) is 3.69. The average Bonchev–Trinajstić information content (AvgIpc) is 2.28. The number of piperidine rings is 1. The van der Waals surface area contributed by atoms with Gasteiger partial charge in [0, 0.05) is 25.2 Å². The quantitative estimate of drug-likeness (QED) is 0.682. The average molecular weight is 226 g/mol.